The Labute approximate surface area is 113 Å². The molecule has 0 aliphatic carbocycles. The molecule has 0 fully saturated rings. The highest BCUT2D eigenvalue weighted by atomic mass is 32.2. The van der Waals surface area contributed by atoms with Gasteiger partial charge in [0.05, 0.1) is 11.9 Å². The molecule has 3 aromatic rings. The Morgan fingerprint density at radius 2 is 2.16 bits per heavy atom. The summed E-state index contributed by atoms with van der Waals surface area (Å²) in [5.74, 6) is 0. The minimum Gasteiger partial charge on any atom is -0.341 e. The van der Waals surface area contributed by atoms with Crippen LogP contribution in [0, 0.1) is 18.3 Å². The molecule has 0 bridgehead atoms. The molecule has 3 rings (SSSR count). The summed E-state index contributed by atoms with van der Waals surface area (Å²) in [7, 11) is 0. The first-order chi connectivity index (χ1) is 9.28. The maximum Gasteiger partial charge on any atom is 0.181 e. The second-order valence-corrected chi connectivity index (χ2v) is 5.02. The van der Waals surface area contributed by atoms with Crippen molar-refractivity contribution in [2.24, 2.45) is 0 Å². The fourth-order valence-corrected chi connectivity index (χ4v) is 2.76. The Morgan fingerprint density at radius 1 is 1.26 bits per heavy atom. The second kappa shape index (κ2) is 4.71. The zero-order valence-corrected chi connectivity index (χ0v) is 10.9. The topological polar surface area (TPSA) is 78.2 Å². The van der Waals surface area contributed by atoms with Crippen molar-refractivity contribution in [2.45, 2.75) is 16.8 Å². The molecule has 92 valence electrons. The third kappa shape index (κ3) is 2.16. The van der Waals surface area contributed by atoms with Gasteiger partial charge in [-0.15, -0.1) is 0 Å². The van der Waals surface area contributed by atoms with Gasteiger partial charge in [-0.25, -0.2) is 15.0 Å². The first-order valence-corrected chi connectivity index (χ1v) is 6.42. The van der Waals surface area contributed by atoms with Gasteiger partial charge in [0.15, 0.2) is 5.65 Å². The van der Waals surface area contributed by atoms with Gasteiger partial charge in [-0.05, 0) is 24.6 Å². The van der Waals surface area contributed by atoms with Crippen LogP contribution >= 0.6 is 11.8 Å². The molecule has 2 heterocycles. The van der Waals surface area contributed by atoms with Crippen molar-refractivity contribution in [3.8, 4) is 6.07 Å². The number of aromatic amines is 1. The van der Waals surface area contributed by atoms with Crippen molar-refractivity contribution in [1.82, 2.24) is 19.9 Å². The first-order valence-electron chi connectivity index (χ1n) is 5.60. The Balaban J connectivity index is 2.09. The molecule has 0 atom stereocenters. The van der Waals surface area contributed by atoms with Gasteiger partial charge in [0.25, 0.3) is 0 Å². The normalized spacial score (nSPS) is 10.5. The first kappa shape index (κ1) is 11.7. The van der Waals surface area contributed by atoms with Gasteiger partial charge in [-0.1, -0.05) is 17.8 Å². The van der Waals surface area contributed by atoms with Crippen LogP contribution in [-0.2, 0) is 0 Å². The lowest BCUT2D eigenvalue weighted by Gasteiger charge is -2.04. The smallest absolute Gasteiger partial charge is 0.181 e. The fraction of sp³-hybridized carbons (Fsp3) is 0.0769. The number of hydrogen-bond acceptors (Lipinski definition) is 5. The van der Waals surface area contributed by atoms with Crippen LogP contribution in [0.3, 0.4) is 0 Å². The Bertz CT molecular complexity index is 787. The van der Waals surface area contributed by atoms with Crippen LogP contribution in [0.2, 0.25) is 0 Å². The van der Waals surface area contributed by atoms with E-state index in [9.17, 15) is 0 Å². The van der Waals surface area contributed by atoms with Crippen LogP contribution in [-0.4, -0.2) is 19.9 Å². The molecular weight excluding hydrogens is 258 g/mol. The summed E-state index contributed by atoms with van der Waals surface area (Å²) in [6.45, 7) is 2.00. The number of nitrogens with one attached hydrogen (secondary N) is 1. The molecule has 2 aromatic heterocycles. The summed E-state index contributed by atoms with van der Waals surface area (Å²) >= 11 is 1.44. The van der Waals surface area contributed by atoms with Crippen LogP contribution in [0.15, 0.2) is 40.8 Å². The molecule has 0 amide bonds. The lowest BCUT2D eigenvalue weighted by molar-refractivity contribution is 1.08. The van der Waals surface area contributed by atoms with Gasteiger partial charge < -0.3 is 4.98 Å². The summed E-state index contributed by atoms with van der Waals surface area (Å²) < 4.78 is 0. The molecular formula is C13H9N5S. The van der Waals surface area contributed by atoms with Gasteiger partial charge >= 0.3 is 0 Å². The highest BCUT2D eigenvalue weighted by molar-refractivity contribution is 7.99. The Hall–Kier alpha value is -2.39. The van der Waals surface area contributed by atoms with Crippen molar-refractivity contribution >= 4 is 22.9 Å². The van der Waals surface area contributed by atoms with Crippen molar-refractivity contribution in [3.05, 3.63) is 42.0 Å². The van der Waals surface area contributed by atoms with Crippen molar-refractivity contribution in [2.75, 3.05) is 0 Å². The van der Waals surface area contributed by atoms with Crippen LogP contribution in [0.25, 0.3) is 11.2 Å². The van der Waals surface area contributed by atoms with E-state index in [0.29, 0.717) is 11.2 Å². The van der Waals surface area contributed by atoms with E-state index in [1.807, 2.05) is 25.1 Å². The molecule has 0 unspecified atom stereocenters. The van der Waals surface area contributed by atoms with Crippen molar-refractivity contribution in [3.63, 3.8) is 0 Å². The van der Waals surface area contributed by atoms with E-state index >= 15 is 0 Å². The number of H-pyrrole nitrogens is 1. The summed E-state index contributed by atoms with van der Waals surface area (Å²) in [4.78, 5) is 16.3. The van der Waals surface area contributed by atoms with E-state index in [1.165, 1.54) is 18.1 Å². The minimum atomic E-state index is 0.628. The SMILES string of the molecule is Cc1ccc(C#N)c(Sc2ncnc3nc[nH]c23)c1. The standard InChI is InChI=1S/C13H9N5S/c1-8-2-3-9(5-14)10(4-8)19-13-11-12(16-6-15-11)17-7-18-13/h2-4,6-7H,1H3,(H,15,16,17,18). The lowest BCUT2D eigenvalue weighted by atomic mass is 10.2. The van der Waals surface area contributed by atoms with E-state index in [-0.39, 0.29) is 0 Å². The zero-order chi connectivity index (χ0) is 13.2. The van der Waals surface area contributed by atoms with Crippen LogP contribution < -0.4 is 0 Å². The van der Waals surface area contributed by atoms with Gasteiger partial charge in [0, 0.05) is 4.90 Å². The quantitative estimate of drug-likeness (QED) is 0.722. The number of nitrogens with zero attached hydrogens (tertiary/aromatic N) is 4. The molecule has 5 nitrogen and oxygen atoms in total. The molecule has 0 aliphatic rings. The fourth-order valence-electron chi connectivity index (χ4n) is 1.73. The van der Waals surface area contributed by atoms with Gasteiger partial charge in [-0.3, -0.25) is 0 Å². The molecule has 1 N–H and O–H groups in total. The average Bonchev–Trinajstić information content (AvgIpc) is 2.88. The van der Waals surface area contributed by atoms with E-state index in [1.54, 1.807) is 6.33 Å². The maximum atomic E-state index is 9.14. The summed E-state index contributed by atoms with van der Waals surface area (Å²) in [6.07, 6.45) is 3.07. The van der Waals surface area contributed by atoms with Gasteiger partial charge in [0.1, 0.15) is 22.9 Å². The third-order valence-electron chi connectivity index (χ3n) is 2.65. The Morgan fingerprint density at radius 3 is 3.00 bits per heavy atom. The van der Waals surface area contributed by atoms with Crippen molar-refractivity contribution < 1.29 is 0 Å². The van der Waals surface area contributed by atoms with E-state index in [0.717, 1.165) is 21.0 Å². The zero-order valence-electron chi connectivity index (χ0n) is 10.1. The van der Waals surface area contributed by atoms with Crippen LogP contribution in [0.5, 0.6) is 0 Å². The van der Waals surface area contributed by atoms with E-state index in [4.69, 9.17) is 5.26 Å². The van der Waals surface area contributed by atoms with Gasteiger partial charge in [-0.2, -0.15) is 5.26 Å². The van der Waals surface area contributed by atoms with Crippen LogP contribution in [0.1, 0.15) is 11.1 Å². The molecule has 0 radical (unpaired) electrons. The summed E-state index contributed by atoms with van der Waals surface area (Å²) in [5, 5.41) is 9.91. The molecule has 1 aromatic carbocycles. The van der Waals surface area contributed by atoms with Gasteiger partial charge in [0.2, 0.25) is 0 Å². The highest BCUT2D eigenvalue weighted by Crippen LogP contribution is 2.32. The molecule has 0 saturated heterocycles. The number of aromatic nitrogens is 4. The monoisotopic (exact) mass is 267 g/mol. The summed E-state index contributed by atoms with van der Waals surface area (Å²) in [5.41, 5.74) is 3.17. The highest BCUT2D eigenvalue weighted by Gasteiger charge is 2.10. The predicted octanol–water partition coefficient (Wildman–Crippen LogP) is 2.68. The second-order valence-electron chi connectivity index (χ2n) is 3.99. The third-order valence-corrected chi connectivity index (χ3v) is 3.71. The number of rotatable bonds is 2. The predicted molar refractivity (Wildman–Crippen MR) is 71.7 cm³/mol. The number of aryl methyl sites for hydroxylation is 1. The average molecular weight is 267 g/mol. The molecule has 0 aliphatic heterocycles. The van der Waals surface area contributed by atoms with E-state index < -0.39 is 0 Å². The molecule has 0 saturated carbocycles. The van der Waals surface area contributed by atoms with Crippen LogP contribution in [0.4, 0.5) is 0 Å². The van der Waals surface area contributed by atoms with Crippen molar-refractivity contribution in [1.29, 1.82) is 5.26 Å². The number of fused-ring (bicyclic) bond motifs is 1. The summed E-state index contributed by atoms with van der Waals surface area (Å²) in [6, 6.07) is 7.92. The number of nitriles is 1. The molecule has 6 heteroatoms. The lowest BCUT2D eigenvalue weighted by Crippen LogP contribution is -1.88. The minimum absolute atomic E-state index is 0.628. The van der Waals surface area contributed by atoms with E-state index in [2.05, 4.69) is 26.0 Å². The Kier molecular flexibility index (Phi) is 2.89. The number of imidazole rings is 1. The molecule has 0 spiro atoms. The maximum absolute atomic E-state index is 9.14. The number of hydrogen-bond donors (Lipinski definition) is 1. The number of benzene rings is 1. The largest absolute Gasteiger partial charge is 0.341 e. The molecule has 19 heavy (non-hydrogen) atoms.